The van der Waals surface area contributed by atoms with Crippen LogP contribution in [0.1, 0.15) is 11.1 Å². The summed E-state index contributed by atoms with van der Waals surface area (Å²) in [5.41, 5.74) is 2.09. The average Bonchev–Trinajstić information content (AvgIpc) is 3.15. The van der Waals surface area contributed by atoms with Crippen molar-refractivity contribution in [3.8, 4) is 17.2 Å². The van der Waals surface area contributed by atoms with E-state index < -0.39 is 24.4 Å². The van der Waals surface area contributed by atoms with Crippen molar-refractivity contribution >= 4 is 29.6 Å². The number of benzene rings is 3. The number of nitrogens with zero attached hydrogens (tertiary/aromatic N) is 1. The fraction of sp³-hybridized carbons (Fsp3) is 0.148. The molecule has 184 valence electrons. The zero-order chi connectivity index (χ0) is 25.5. The third-order valence-corrected chi connectivity index (χ3v) is 5.38. The van der Waals surface area contributed by atoms with Crippen LogP contribution in [0.5, 0.6) is 17.2 Å². The number of methoxy groups -OCH3 is 2. The van der Waals surface area contributed by atoms with Crippen molar-refractivity contribution in [1.82, 2.24) is 10.2 Å². The SMILES string of the molecule is COc1ccccc1NC(=O)CN1C(=O)N/C(=C/c2ccc(OC)c(OCc3ccccc3)c2)C1=O. The van der Waals surface area contributed by atoms with Crippen molar-refractivity contribution in [3.05, 3.63) is 89.6 Å². The molecule has 2 N–H and O–H groups in total. The van der Waals surface area contributed by atoms with Gasteiger partial charge in [-0.15, -0.1) is 0 Å². The Morgan fingerprint density at radius 1 is 0.917 bits per heavy atom. The minimum Gasteiger partial charge on any atom is -0.495 e. The lowest BCUT2D eigenvalue weighted by atomic mass is 10.1. The molecular weight excluding hydrogens is 462 g/mol. The van der Waals surface area contributed by atoms with Crippen LogP contribution in [0, 0.1) is 0 Å². The molecule has 4 rings (SSSR count). The summed E-state index contributed by atoms with van der Waals surface area (Å²) in [5, 5.41) is 5.18. The molecule has 1 heterocycles. The van der Waals surface area contributed by atoms with Gasteiger partial charge in [-0.25, -0.2) is 9.69 Å². The van der Waals surface area contributed by atoms with Crippen LogP contribution >= 0.6 is 0 Å². The van der Waals surface area contributed by atoms with Gasteiger partial charge in [-0.3, -0.25) is 9.59 Å². The molecule has 0 aromatic heterocycles. The molecule has 1 fully saturated rings. The number of hydrogen-bond donors (Lipinski definition) is 2. The quantitative estimate of drug-likeness (QED) is 0.351. The Morgan fingerprint density at radius 3 is 2.39 bits per heavy atom. The first-order valence-electron chi connectivity index (χ1n) is 11.1. The largest absolute Gasteiger partial charge is 0.495 e. The lowest BCUT2D eigenvalue weighted by Gasteiger charge is -2.13. The minimum atomic E-state index is -0.685. The molecule has 1 aliphatic heterocycles. The smallest absolute Gasteiger partial charge is 0.329 e. The Labute approximate surface area is 208 Å². The van der Waals surface area contributed by atoms with Crippen molar-refractivity contribution in [3.63, 3.8) is 0 Å². The molecule has 0 spiro atoms. The van der Waals surface area contributed by atoms with Gasteiger partial charge in [0.1, 0.15) is 24.6 Å². The molecule has 0 aliphatic carbocycles. The van der Waals surface area contributed by atoms with Crippen molar-refractivity contribution in [2.75, 3.05) is 26.1 Å². The topological polar surface area (TPSA) is 106 Å². The summed E-state index contributed by atoms with van der Waals surface area (Å²) in [4.78, 5) is 38.6. The molecule has 3 aromatic rings. The molecule has 9 heteroatoms. The van der Waals surface area contributed by atoms with Crippen molar-refractivity contribution in [1.29, 1.82) is 0 Å². The highest BCUT2D eigenvalue weighted by atomic mass is 16.5. The van der Waals surface area contributed by atoms with Crippen LogP contribution < -0.4 is 24.8 Å². The van der Waals surface area contributed by atoms with Crippen LogP contribution in [-0.4, -0.2) is 43.5 Å². The number of urea groups is 1. The number of hydrogen-bond acceptors (Lipinski definition) is 6. The maximum absolute atomic E-state index is 12.9. The fourth-order valence-corrected chi connectivity index (χ4v) is 3.59. The molecule has 0 radical (unpaired) electrons. The molecule has 0 saturated carbocycles. The lowest BCUT2D eigenvalue weighted by Crippen LogP contribution is -2.38. The summed E-state index contributed by atoms with van der Waals surface area (Å²) in [7, 11) is 3.02. The standard InChI is InChI=1S/C27H25N3O6/c1-34-22-11-7-6-10-20(22)28-25(31)16-30-26(32)21(29-27(30)33)14-19-12-13-23(35-2)24(15-19)36-17-18-8-4-3-5-9-18/h3-15H,16-17H2,1-2H3,(H,28,31)(H,29,33)/b21-14+. The van der Waals surface area contributed by atoms with Gasteiger partial charge < -0.3 is 24.8 Å². The summed E-state index contributed by atoms with van der Waals surface area (Å²) in [6.07, 6.45) is 1.52. The summed E-state index contributed by atoms with van der Waals surface area (Å²) in [6.45, 7) is -0.115. The zero-order valence-electron chi connectivity index (χ0n) is 19.8. The number of nitrogens with one attached hydrogen (secondary N) is 2. The van der Waals surface area contributed by atoms with E-state index >= 15 is 0 Å². The number of para-hydroxylation sites is 2. The number of carbonyl (C=O) groups is 3. The Balaban J connectivity index is 1.46. The van der Waals surface area contributed by atoms with Crippen molar-refractivity contribution < 1.29 is 28.6 Å². The van der Waals surface area contributed by atoms with Gasteiger partial charge in [0.2, 0.25) is 5.91 Å². The molecule has 0 unspecified atom stereocenters. The Bertz CT molecular complexity index is 1310. The van der Waals surface area contributed by atoms with Crippen LogP contribution in [0.2, 0.25) is 0 Å². The van der Waals surface area contributed by atoms with Crippen molar-refractivity contribution in [2.24, 2.45) is 0 Å². The normalized spacial score (nSPS) is 13.9. The molecule has 9 nitrogen and oxygen atoms in total. The number of ether oxygens (including phenoxy) is 3. The number of imide groups is 1. The van der Waals surface area contributed by atoms with E-state index in [1.807, 2.05) is 30.3 Å². The van der Waals surface area contributed by atoms with Crippen LogP contribution in [0.4, 0.5) is 10.5 Å². The van der Waals surface area contributed by atoms with Gasteiger partial charge in [0.15, 0.2) is 11.5 Å². The first-order valence-corrected chi connectivity index (χ1v) is 11.1. The van der Waals surface area contributed by atoms with E-state index in [1.165, 1.54) is 20.3 Å². The van der Waals surface area contributed by atoms with E-state index in [4.69, 9.17) is 14.2 Å². The predicted molar refractivity (Wildman–Crippen MR) is 134 cm³/mol. The van der Waals surface area contributed by atoms with Gasteiger partial charge >= 0.3 is 6.03 Å². The molecule has 1 saturated heterocycles. The first kappa shape index (κ1) is 24.3. The van der Waals surface area contributed by atoms with Gasteiger partial charge in [-0.2, -0.15) is 0 Å². The van der Waals surface area contributed by atoms with Gasteiger partial charge in [-0.1, -0.05) is 48.5 Å². The molecule has 4 amide bonds. The summed E-state index contributed by atoms with van der Waals surface area (Å²) in [5.74, 6) is 0.335. The second-order valence-corrected chi connectivity index (χ2v) is 7.81. The number of carbonyl (C=O) groups excluding carboxylic acids is 3. The maximum atomic E-state index is 12.9. The van der Waals surface area contributed by atoms with Gasteiger partial charge in [-0.05, 0) is 41.5 Å². The van der Waals surface area contributed by atoms with Crippen LogP contribution in [0.15, 0.2) is 78.5 Å². The third kappa shape index (κ3) is 5.64. The Morgan fingerprint density at radius 2 is 1.64 bits per heavy atom. The van der Waals surface area contributed by atoms with Gasteiger partial charge in [0.25, 0.3) is 5.91 Å². The molecular formula is C27H25N3O6. The predicted octanol–water partition coefficient (Wildman–Crippen LogP) is 3.81. The summed E-state index contributed by atoms with van der Waals surface area (Å²) < 4.78 is 16.5. The van der Waals surface area contributed by atoms with Gasteiger partial charge in [0.05, 0.1) is 19.9 Å². The van der Waals surface area contributed by atoms with E-state index in [0.717, 1.165) is 10.5 Å². The first-order chi connectivity index (χ1) is 17.5. The summed E-state index contributed by atoms with van der Waals surface area (Å²) in [6, 6.07) is 21.0. The van der Waals surface area contributed by atoms with Crippen LogP contribution in [0.25, 0.3) is 6.08 Å². The molecule has 1 aliphatic rings. The second kappa shape index (κ2) is 11.1. The van der Waals surface area contributed by atoms with E-state index in [2.05, 4.69) is 10.6 Å². The molecule has 0 atom stereocenters. The molecule has 3 aromatic carbocycles. The molecule has 36 heavy (non-hydrogen) atoms. The highest BCUT2D eigenvalue weighted by Gasteiger charge is 2.35. The van der Waals surface area contributed by atoms with Gasteiger partial charge in [0, 0.05) is 0 Å². The maximum Gasteiger partial charge on any atom is 0.329 e. The average molecular weight is 488 g/mol. The van der Waals surface area contributed by atoms with Crippen LogP contribution in [0.3, 0.4) is 0 Å². The fourth-order valence-electron chi connectivity index (χ4n) is 3.59. The number of anilines is 1. The monoisotopic (exact) mass is 487 g/mol. The van der Waals surface area contributed by atoms with E-state index in [9.17, 15) is 14.4 Å². The number of rotatable bonds is 9. The minimum absolute atomic E-state index is 0.0456. The highest BCUT2D eigenvalue weighted by molar-refractivity contribution is 6.16. The molecule has 0 bridgehead atoms. The lowest BCUT2D eigenvalue weighted by molar-refractivity contribution is -0.127. The summed E-state index contributed by atoms with van der Waals surface area (Å²) >= 11 is 0. The highest BCUT2D eigenvalue weighted by Crippen LogP contribution is 2.30. The van der Waals surface area contributed by atoms with E-state index in [-0.39, 0.29) is 5.70 Å². The zero-order valence-corrected chi connectivity index (χ0v) is 19.8. The van der Waals surface area contributed by atoms with E-state index in [1.54, 1.807) is 42.5 Å². The van der Waals surface area contributed by atoms with E-state index in [0.29, 0.717) is 35.1 Å². The van der Waals surface area contributed by atoms with Crippen molar-refractivity contribution in [2.45, 2.75) is 6.61 Å². The van der Waals surface area contributed by atoms with Crippen LogP contribution in [-0.2, 0) is 16.2 Å². The second-order valence-electron chi connectivity index (χ2n) is 7.81. The third-order valence-electron chi connectivity index (χ3n) is 5.38. The Kier molecular flexibility index (Phi) is 7.50. The number of amides is 4. The Hall–Kier alpha value is -4.79.